The molecule has 0 fully saturated rings. The predicted molar refractivity (Wildman–Crippen MR) is 82.2 cm³/mol. The SMILES string of the molecule is COC(=O)CCCCCC/C=C(/C)CCCC(C)C. The first-order valence-electron chi connectivity index (χ1n) is 7.78. The molecule has 0 saturated carbocycles. The van der Waals surface area contributed by atoms with E-state index in [2.05, 4.69) is 31.6 Å². The summed E-state index contributed by atoms with van der Waals surface area (Å²) in [6.07, 6.45) is 12.6. The summed E-state index contributed by atoms with van der Waals surface area (Å²) in [6.45, 7) is 6.82. The van der Waals surface area contributed by atoms with E-state index < -0.39 is 0 Å². The Morgan fingerprint density at radius 2 is 1.74 bits per heavy atom. The molecule has 0 aromatic carbocycles. The third-order valence-corrected chi connectivity index (χ3v) is 3.41. The Balaban J connectivity index is 3.38. The van der Waals surface area contributed by atoms with Crippen LogP contribution in [-0.4, -0.2) is 13.1 Å². The Kier molecular flexibility index (Phi) is 11.7. The van der Waals surface area contributed by atoms with Crippen molar-refractivity contribution in [1.29, 1.82) is 0 Å². The standard InChI is InChI=1S/C17H32O2/c1-15(2)11-10-13-16(3)12-8-6-5-7-9-14-17(18)19-4/h12,15H,5-11,13-14H2,1-4H3/b16-12-. The monoisotopic (exact) mass is 268 g/mol. The molecule has 0 radical (unpaired) electrons. The molecule has 0 heterocycles. The fourth-order valence-electron chi connectivity index (χ4n) is 2.11. The summed E-state index contributed by atoms with van der Waals surface area (Å²) >= 11 is 0. The average Bonchev–Trinajstić information content (AvgIpc) is 2.36. The van der Waals surface area contributed by atoms with Gasteiger partial charge in [-0.05, 0) is 44.9 Å². The first kappa shape index (κ1) is 18.2. The van der Waals surface area contributed by atoms with Crippen LogP contribution in [0.15, 0.2) is 11.6 Å². The highest BCUT2D eigenvalue weighted by Crippen LogP contribution is 2.13. The van der Waals surface area contributed by atoms with Gasteiger partial charge in [-0.1, -0.05) is 44.8 Å². The van der Waals surface area contributed by atoms with Crippen LogP contribution in [0.2, 0.25) is 0 Å². The van der Waals surface area contributed by atoms with Gasteiger partial charge in [0.05, 0.1) is 7.11 Å². The van der Waals surface area contributed by atoms with Gasteiger partial charge in [0.25, 0.3) is 0 Å². The first-order valence-corrected chi connectivity index (χ1v) is 7.78. The number of allylic oxidation sites excluding steroid dienone is 2. The second-order valence-electron chi connectivity index (χ2n) is 5.87. The lowest BCUT2D eigenvalue weighted by Gasteiger charge is -2.05. The van der Waals surface area contributed by atoms with E-state index in [-0.39, 0.29) is 5.97 Å². The molecular weight excluding hydrogens is 236 g/mol. The Labute approximate surface area is 119 Å². The van der Waals surface area contributed by atoms with E-state index in [1.165, 1.54) is 51.2 Å². The molecule has 0 rings (SSSR count). The molecule has 0 aromatic heterocycles. The third-order valence-electron chi connectivity index (χ3n) is 3.41. The smallest absolute Gasteiger partial charge is 0.305 e. The maximum atomic E-state index is 10.9. The third kappa shape index (κ3) is 13.4. The van der Waals surface area contributed by atoms with E-state index in [0.29, 0.717) is 6.42 Å². The Morgan fingerprint density at radius 3 is 2.37 bits per heavy atom. The summed E-state index contributed by atoms with van der Waals surface area (Å²) in [5, 5.41) is 0. The molecule has 0 aliphatic rings. The zero-order valence-corrected chi connectivity index (χ0v) is 13.3. The van der Waals surface area contributed by atoms with Crippen molar-refractivity contribution in [2.75, 3.05) is 7.11 Å². The molecule has 112 valence electrons. The molecule has 0 aliphatic heterocycles. The van der Waals surface area contributed by atoms with Crippen LogP contribution in [0.4, 0.5) is 0 Å². The molecule has 19 heavy (non-hydrogen) atoms. The number of hydrogen-bond acceptors (Lipinski definition) is 2. The molecule has 0 bridgehead atoms. The molecule has 0 atom stereocenters. The quantitative estimate of drug-likeness (QED) is 0.290. The van der Waals surface area contributed by atoms with Crippen molar-refractivity contribution in [3.8, 4) is 0 Å². The molecule has 0 unspecified atom stereocenters. The van der Waals surface area contributed by atoms with Crippen LogP contribution in [0.1, 0.15) is 78.6 Å². The molecule has 0 saturated heterocycles. The fourth-order valence-corrected chi connectivity index (χ4v) is 2.11. The van der Waals surface area contributed by atoms with Crippen LogP contribution < -0.4 is 0 Å². The van der Waals surface area contributed by atoms with E-state index in [9.17, 15) is 4.79 Å². The maximum Gasteiger partial charge on any atom is 0.305 e. The normalized spacial score (nSPS) is 11.9. The predicted octanol–water partition coefficient (Wildman–Crippen LogP) is 5.27. The number of carbonyl (C=O) groups is 1. The topological polar surface area (TPSA) is 26.3 Å². The zero-order valence-electron chi connectivity index (χ0n) is 13.3. The van der Waals surface area contributed by atoms with E-state index in [0.717, 1.165) is 18.8 Å². The second kappa shape index (κ2) is 12.3. The number of esters is 1. The molecule has 2 nitrogen and oxygen atoms in total. The summed E-state index contributed by atoms with van der Waals surface area (Å²) in [4.78, 5) is 10.9. The minimum absolute atomic E-state index is 0.0825. The molecular formula is C17H32O2. The van der Waals surface area contributed by atoms with Crippen LogP contribution in [0, 0.1) is 5.92 Å². The Morgan fingerprint density at radius 1 is 1.05 bits per heavy atom. The molecule has 0 aromatic rings. The van der Waals surface area contributed by atoms with Gasteiger partial charge >= 0.3 is 5.97 Å². The number of ether oxygens (including phenoxy) is 1. The lowest BCUT2D eigenvalue weighted by atomic mass is 10.0. The highest BCUT2D eigenvalue weighted by molar-refractivity contribution is 5.68. The summed E-state index contributed by atoms with van der Waals surface area (Å²) in [6, 6.07) is 0. The van der Waals surface area contributed by atoms with Gasteiger partial charge in [0, 0.05) is 6.42 Å². The lowest BCUT2D eigenvalue weighted by molar-refractivity contribution is -0.140. The number of carbonyl (C=O) groups excluding carboxylic acids is 1. The highest BCUT2D eigenvalue weighted by Gasteiger charge is 1.99. The van der Waals surface area contributed by atoms with Gasteiger partial charge in [-0.15, -0.1) is 0 Å². The Bertz CT molecular complexity index is 254. The van der Waals surface area contributed by atoms with Crippen LogP contribution in [-0.2, 0) is 9.53 Å². The minimum Gasteiger partial charge on any atom is -0.469 e. The average molecular weight is 268 g/mol. The molecule has 2 heteroatoms. The largest absolute Gasteiger partial charge is 0.469 e. The summed E-state index contributed by atoms with van der Waals surface area (Å²) in [5.74, 6) is 0.739. The van der Waals surface area contributed by atoms with E-state index in [1.807, 2.05) is 0 Å². The minimum atomic E-state index is -0.0825. The highest BCUT2D eigenvalue weighted by atomic mass is 16.5. The summed E-state index contributed by atoms with van der Waals surface area (Å²) < 4.78 is 4.62. The van der Waals surface area contributed by atoms with Crippen molar-refractivity contribution in [3.63, 3.8) is 0 Å². The van der Waals surface area contributed by atoms with Crippen LogP contribution in [0.3, 0.4) is 0 Å². The number of methoxy groups -OCH3 is 1. The second-order valence-corrected chi connectivity index (χ2v) is 5.87. The van der Waals surface area contributed by atoms with Crippen molar-refractivity contribution in [2.24, 2.45) is 5.92 Å². The molecule has 0 spiro atoms. The number of hydrogen-bond donors (Lipinski definition) is 0. The van der Waals surface area contributed by atoms with Crippen molar-refractivity contribution in [2.45, 2.75) is 78.6 Å². The summed E-state index contributed by atoms with van der Waals surface area (Å²) in [5.41, 5.74) is 1.54. The van der Waals surface area contributed by atoms with Gasteiger partial charge in [-0.3, -0.25) is 4.79 Å². The Hall–Kier alpha value is -0.790. The van der Waals surface area contributed by atoms with Crippen molar-refractivity contribution in [1.82, 2.24) is 0 Å². The van der Waals surface area contributed by atoms with E-state index >= 15 is 0 Å². The fraction of sp³-hybridized carbons (Fsp3) is 0.824. The van der Waals surface area contributed by atoms with Gasteiger partial charge < -0.3 is 4.74 Å². The van der Waals surface area contributed by atoms with Gasteiger partial charge in [-0.2, -0.15) is 0 Å². The molecule has 0 N–H and O–H groups in total. The number of rotatable bonds is 11. The molecule has 0 aliphatic carbocycles. The van der Waals surface area contributed by atoms with Crippen molar-refractivity contribution >= 4 is 5.97 Å². The van der Waals surface area contributed by atoms with Crippen molar-refractivity contribution < 1.29 is 9.53 Å². The van der Waals surface area contributed by atoms with Crippen LogP contribution >= 0.6 is 0 Å². The van der Waals surface area contributed by atoms with Gasteiger partial charge in [0.1, 0.15) is 0 Å². The van der Waals surface area contributed by atoms with Gasteiger partial charge in [0.15, 0.2) is 0 Å². The first-order chi connectivity index (χ1) is 9.06. The van der Waals surface area contributed by atoms with Crippen molar-refractivity contribution in [3.05, 3.63) is 11.6 Å². The van der Waals surface area contributed by atoms with Gasteiger partial charge in [0.2, 0.25) is 0 Å². The van der Waals surface area contributed by atoms with E-state index in [4.69, 9.17) is 0 Å². The zero-order chi connectivity index (χ0) is 14.5. The van der Waals surface area contributed by atoms with E-state index in [1.54, 1.807) is 0 Å². The number of unbranched alkanes of at least 4 members (excludes halogenated alkanes) is 4. The van der Waals surface area contributed by atoms with Crippen LogP contribution in [0.25, 0.3) is 0 Å². The van der Waals surface area contributed by atoms with Crippen LogP contribution in [0.5, 0.6) is 0 Å². The molecule has 0 amide bonds. The van der Waals surface area contributed by atoms with Gasteiger partial charge in [-0.25, -0.2) is 0 Å². The lowest BCUT2D eigenvalue weighted by Crippen LogP contribution is -1.98. The summed E-state index contributed by atoms with van der Waals surface area (Å²) in [7, 11) is 1.45. The maximum absolute atomic E-state index is 10.9.